The first-order chi connectivity index (χ1) is 13.4. The van der Waals surface area contributed by atoms with Gasteiger partial charge in [0.15, 0.2) is 17.7 Å². The molecule has 1 heterocycles. The lowest BCUT2D eigenvalue weighted by Crippen LogP contribution is -2.15. The second-order valence-electron chi connectivity index (χ2n) is 6.18. The lowest BCUT2D eigenvalue weighted by molar-refractivity contribution is -0.113. The van der Waals surface area contributed by atoms with E-state index >= 15 is 0 Å². The van der Waals surface area contributed by atoms with Gasteiger partial charge in [-0.25, -0.2) is 4.39 Å². The van der Waals surface area contributed by atoms with Gasteiger partial charge < -0.3 is 14.5 Å². The van der Waals surface area contributed by atoms with E-state index in [0.29, 0.717) is 0 Å². The Morgan fingerprint density at radius 2 is 2.00 bits per heavy atom. The van der Waals surface area contributed by atoms with Crippen molar-refractivity contribution in [2.45, 2.75) is 32.1 Å². The van der Waals surface area contributed by atoms with Gasteiger partial charge in [0.05, 0.1) is 5.75 Å². The number of aryl methyl sites for hydroxylation is 1. The normalized spacial score (nSPS) is 11.9. The van der Waals surface area contributed by atoms with Crippen LogP contribution in [0.3, 0.4) is 0 Å². The van der Waals surface area contributed by atoms with E-state index in [9.17, 15) is 9.18 Å². The number of amides is 1. The number of hydrogen-bond acceptors (Lipinski definition) is 6. The molecule has 0 aliphatic heterocycles. The first-order valence-electron chi connectivity index (χ1n) is 8.67. The van der Waals surface area contributed by atoms with E-state index in [0.717, 1.165) is 28.6 Å². The molecular formula is C20H20FN3O3S. The van der Waals surface area contributed by atoms with Crippen LogP contribution < -0.4 is 10.1 Å². The van der Waals surface area contributed by atoms with Crippen LogP contribution in [0, 0.1) is 19.7 Å². The summed E-state index contributed by atoms with van der Waals surface area (Å²) >= 11 is 1.12. The van der Waals surface area contributed by atoms with Crippen LogP contribution in [-0.4, -0.2) is 21.9 Å². The van der Waals surface area contributed by atoms with Gasteiger partial charge in [-0.05, 0) is 50.1 Å². The highest BCUT2D eigenvalue weighted by Crippen LogP contribution is 2.26. The van der Waals surface area contributed by atoms with Crippen molar-refractivity contribution in [3.63, 3.8) is 0 Å². The van der Waals surface area contributed by atoms with Crippen molar-refractivity contribution in [1.82, 2.24) is 10.2 Å². The zero-order chi connectivity index (χ0) is 20.1. The number of aromatic nitrogens is 2. The van der Waals surface area contributed by atoms with E-state index in [2.05, 4.69) is 15.5 Å². The zero-order valence-corrected chi connectivity index (χ0v) is 16.5. The molecule has 146 valence electrons. The molecule has 28 heavy (non-hydrogen) atoms. The van der Waals surface area contributed by atoms with Gasteiger partial charge in [-0.2, -0.15) is 0 Å². The maximum atomic E-state index is 13.7. The maximum Gasteiger partial charge on any atom is 0.277 e. The van der Waals surface area contributed by atoms with Crippen molar-refractivity contribution in [3.05, 3.63) is 65.3 Å². The molecule has 3 rings (SSSR count). The fraction of sp³-hybridized carbons (Fsp3) is 0.250. The van der Waals surface area contributed by atoms with Crippen LogP contribution >= 0.6 is 11.8 Å². The molecule has 1 aromatic heterocycles. The first kappa shape index (κ1) is 19.9. The summed E-state index contributed by atoms with van der Waals surface area (Å²) < 4.78 is 24.7. The molecule has 0 saturated carbocycles. The fourth-order valence-corrected chi connectivity index (χ4v) is 2.99. The molecule has 0 spiro atoms. The Bertz CT molecular complexity index is 977. The smallest absolute Gasteiger partial charge is 0.277 e. The van der Waals surface area contributed by atoms with Gasteiger partial charge in [-0.15, -0.1) is 10.2 Å². The van der Waals surface area contributed by atoms with E-state index < -0.39 is 11.9 Å². The number of benzene rings is 2. The number of halogens is 1. The molecule has 3 aromatic rings. The van der Waals surface area contributed by atoms with Crippen molar-refractivity contribution in [2.24, 2.45) is 0 Å². The number of rotatable bonds is 7. The van der Waals surface area contributed by atoms with Gasteiger partial charge in [0, 0.05) is 5.69 Å². The second-order valence-corrected chi connectivity index (χ2v) is 7.11. The van der Waals surface area contributed by atoms with Crippen LogP contribution in [0.1, 0.15) is 30.0 Å². The molecule has 0 radical (unpaired) electrons. The SMILES string of the molecule is Cc1cccc(NC(=O)CSc2nnc([C@@H](C)Oc3ccccc3F)o2)c1C. The highest BCUT2D eigenvalue weighted by Gasteiger charge is 2.18. The summed E-state index contributed by atoms with van der Waals surface area (Å²) in [5.41, 5.74) is 2.92. The minimum atomic E-state index is -0.623. The Kier molecular flexibility index (Phi) is 6.30. The van der Waals surface area contributed by atoms with Gasteiger partial charge in [-0.1, -0.05) is 36.0 Å². The lowest BCUT2D eigenvalue weighted by atomic mass is 10.1. The maximum absolute atomic E-state index is 13.7. The summed E-state index contributed by atoms with van der Waals surface area (Å²) in [7, 11) is 0. The highest BCUT2D eigenvalue weighted by atomic mass is 32.2. The molecule has 0 bridgehead atoms. The largest absolute Gasteiger partial charge is 0.478 e. The van der Waals surface area contributed by atoms with Crippen LogP contribution in [-0.2, 0) is 4.79 Å². The third kappa shape index (κ3) is 4.89. The summed E-state index contributed by atoms with van der Waals surface area (Å²) in [5.74, 6) is -0.200. The number of anilines is 1. The predicted molar refractivity (Wildman–Crippen MR) is 105 cm³/mol. The monoisotopic (exact) mass is 401 g/mol. The summed E-state index contributed by atoms with van der Waals surface area (Å²) in [5, 5.41) is 10.9. The summed E-state index contributed by atoms with van der Waals surface area (Å²) in [4.78, 5) is 12.2. The molecule has 0 aliphatic rings. The number of nitrogens with zero attached hydrogens (tertiary/aromatic N) is 2. The summed E-state index contributed by atoms with van der Waals surface area (Å²) in [6.07, 6.45) is -0.623. The van der Waals surface area contributed by atoms with E-state index in [1.165, 1.54) is 12.1 Å². The highest BCUT2D eigenvalue weighted by molar-refractivity contribution is 7.99. The van der Waals surface area contributed by atoms with Crippen LogP contribution in [0.25, 0.3) is 0 Å². The standard InChI is InChI=1S/C20H20FN3O3S/c1-12-7-6-9-16(13(12)2)22-18(25)11-28-20-24-23-19(27-20)14(3)26-17-10-5-4-8-15(17)21/h4-10,14H,11H2,1-3H3,(H,22,25)/t14-/m1/s1. The van der Waals surface area contributed by atoms with E-state index in [-0.39, 0.29) is 28.5 Å². The van der Waals surface area contributed by atoms with Crippen LogP contribution in [0.5, 0.6) is 5.75 Å². The second kappa shape index (κ2) is 8.88. The Hall–Kier alpha value is -2.87. The number of hydrogen-bond donors (Lipinski definition) is 1. The lowest BCUT2D eigenvalue weighted by Gasteiger charge is -2.11. The van der Waals surface area contributed by atoms with Gasteiger partial charge >= 0.3 is 0 Å². The number of ether oxygens (including phenoxy) is 1. The van der Waals surface area contributed by atoms with Crippen molar-refractivity contribution in [1.29, 1.82) is 0 Å². The molecule has 1 N–H and O–H groups in total. The molecule has 6 nitrogen and oxygen atoms in total. The first-order valence-corrected chi connectivity index (χ1v) is 9.66. The van der Waals surface area contributed by atoms with Gasteiger partial charge in [0.1, 0.15) is 0 Å². The molecular weight excluding hydrogens is 381 g/mol. The van der Waals surface area contributed by atoms with E-state index in [1.807, 2.05) is 32.0 Å². The Balaban J connectivity index is 1.55. The molecule has 1 amide bonds. The topological polar surface area (TPSA) is 77.2 Å². The number of carbonyl (C=O) groups excluding carboxylic acids is 1. The Labute approximate surface area is 166 Å². The van der Waals surface area contributed by atoms with Crippen LogP contribution in [0.15, 0.2) is 52.1 Å². The third-order valence-electron chi connectivity index (χ3n) is 4.12. The molecule has 0 fully saturated rings. The third-order valence-corrected chi connectivity index (χ3v) is 4.93. The number of nitrogens with one attached hydrogen (secondary N) is 1. The van der Waals surface area contributed by atoms with Crippen LogP contribution in [0.4, 0.5) is 10.1 Å². The number of thioether (sulfide) groups is 1. The van der Waals surface area contributed by atoms with Gasteiger partial charge in [0.2, 0.25) is 5.91 Å². The average molecular weight is 401 g/mol. The van der Waals surface area contributed by atoms with Gasteiger partial charge in [0.25, 0.3) is 11.1 Å². The molecule has 1 atom stereocenters. The molecule has 0 unspecified atom stereocenters. The quantitative estimate of drug-likeness (QED) is 0.579. The van der Waals surface area contributed by atoms with Crippen molar-refractivity contribution in [2.75, 3.05) is 11.1 Å². The Morgan fingerprint density at radius 1 is 1.21 bits per heavy atom. The van der Waals surface area contributed by atoms with Crippen molar-refractivity contribution >= 4 is 23.4 Å². The van der Waals surface area contributed by atoms with Crippen molar-refractivity contribution in [3.8, 4) is 5.75 Å². The van der Waals surface area contributed by atoms with Gasteiger partial charge in [-0.3, -0.25) is 4.79 Å². The molecule has 0 aliphatic carbocycles. The van der Waals surface area contributed by atoms with Crippen LogP contribution in [0.2, 0.25) is 0 Å². The summed E-state index contributed by atoms with van der Waals surface area (Å²) in [6, 6.07) is 11.8. The minimum absolute atomic E-state index is 0.107. The van der Waals surface area contributed by atoms with E-state index in [1.54, 1.807) is 19.1 Å². The summed E-state index contributed by atoms with van der Waals surface area (Å²) in [6.45, 7) is 5.63. The minimum Gasteiger partial charge on any atom is -0.478 e. The number of carbonyl (C=O) groups is 1. The Morgan fingerprint density at radius 3 is 2.79 bits per heavy atom. The predicted octanol–water partition coefficient (Wildman–Crippen LogP) is 4.70. The average Bonchev–Trinajstić information content (AvgIpc) is 3.15. The molecule has 2 aromatic carbocycles. The zero-order valence-electron chi connectivity index (χ0n) is 15.7. The fourth-order valence-electron chi connectivity index (χ4n) is 2.42. The van der Waals surface area contributed by atoms with Crippen molar-refractivity contribution < 1.29 is 18.3 Å². The van der Waals surface area contributed by atoms with E-state index in [4.69, 9.17) is 9.15 Å². The molecule has 8 heteroatoms. The number of para-hydroxylation sites is 1. The molecule has 0 saturated heterocycles.